The third-order valence-corrected chi connectivity index (χ3v) is 3.33. The maximum Gasteiger partial charge on any atom is 0.0315 e. The maximum atomic E-state index is 4.17. The van der Waals surface area contributed by atoms with Crippen molar-refractivity contribution in [2.75, 3.05) is 0 Å². The Balaban J connectivity index is 1.89. The van der Waals surface area contributed by atoms with Crippen molar-refractivity contribution >= 4 is 0 Å². The summed E-state index contributed by atoms with van der Waals surface area (Å²) >= 11 is 0. The van der Waals surface area contributed by atoms with Crippen molar-refractivity contribution in [1.82, 2.24) is 10.3 Å². The van der Waals surface area contributed by atoms with Crippen molar-refractivity contribution < 1.29 is 0 Å². The number of hydrogen-bond acceptors (Lipinski definition) is 2. The fourth-order valence-corrected chi connectivity index (χ4v) is 2.07. The van der Waals surface area contributed by atoms with Gasteiger partial charge >= 0.3 is 0 Å². The molecule has 0 saturated heterocycles. The van der Waals surface area contributed by atoms with Gasteiger partial charge < -0.3 is 5.32 Å². The van der Waals surface area contributed by atoms with Gasteiger partial charge in [0.05, 0.1) is 0 Å². The molecule has 0 radical (unpaired) electrons. The standard InChI is InChI=1S/C13H20N2/c1-3-13(11-4-5-11)15-9-12-8-14-7-6-10(12)2/h6-8,11,13,15H,3-5,9H2,1-2H3. The van der Waals surface area contributed by atoms with Crippen molar-refractivity contribution in [2.45, 2.75) is 45.7 Å². The van der Waals surface area contributed by atoms with Gasteiger partial charge in [-0.1, -0.05) is 6.92 Å². The van der Waals surface area contributed by atoms with Crippen LogP contribution in [0.15, 0.2) is 18.5 Å². The van der Waals surface area contributed by atoms with Gasteiger partial charge in [0.15, 0.2) is 0 Å². The molecule has 1 aromatic rings. The molecule has 1 N–H and O–H groups in total. The minimum Gasteiger partial charge on any atom is -0.310 e. The van der Waals surface area contributed by atoms with Crippen LogP contribution in [-0.2, 0) is 6.54 Å². The van der Waals surface area contributed by atoms with Gasteiger partial charge in [0.1, 0.15) is 0 Å². The Morgan fingerprint density at radius 2 is 2.33 bits per heavy atom. The van der Waals surface area contributed by atoms with Crippen LogP contribution in [-0.4, -0.2) is 11.0 Å². The van der Waals surface area contributed by atoms with E-state index in [0.717, 1.165) is 12.5 Å². The van der Waals surface area contributed by atoms with E-state index in [2.05, 4.69) is 30.2 Å². The predicted octanol–water partition coefficient (Wildman–Crippen LogP) is 2.67. The molecule has 1 unspecified atom stereocenters. The summed E-state index contributed by atoms with van der Waals surface area (Å²) in [6.45, 7) is 5.39. The highest BCUT2D eigenvalue weighted by Crippen LogP contribution is 2.34. The molecular weight excluding hydrogens is 184 g/mol. The second kappa shape index (κ2) is 4.75. The quantitative estimate of drug-likeness (QED) is 0.797. The van der Waals surface area contributed by atoms with Gasteiger partial charge in [-0.25, -0.2) is 0 Å². The van der Waals surface area contributed by atoms with Gasteiger partial charge in [-0.3, -0.25) is 4.98 Å². The molecule has 1 aliphatic rings. The molecule has 0 bridgehead atoms. The number of aryl methyl sites for hydroxylation is 1. The SMILES string of the molecule is CCC(NCc1cnccc1C)C1CC1. The number of rotatable bonds is 5. The molecule has 0 aromatic carbocycles. The molecule has 1 fully saturated rings. The number of aromatic nitrogens is 1. The molecule has 2 heteroatoms. The van der Waals surface area contributed by atoms with Crippen molar-refractivity contribution in [3.63, 3.8) is 0 Å². The van der Waals surface area contributed by atoms with E-state index in [4.69, 9.17) is 0 Å². The fourth-order valence-electron chi connectivity index (χ4n) is 2.07. The number of nitrogens with zero attached hydrogens (tertiary/aromatic N) is 1. The van der Waals surface area contributed by atoms with Crippen molar-refractivity contribution in [2.24, 2.45) is 5.92 Å². The zero-order valence-electron chi connectivity index (χ0n) is 9.66. The normalized spacial score (nSPS) is 17.7. The van der Waals surface area contributed by atoms with Crippen LogP contribution in [0.5, 0.6) is 0 Å². The summed E-state index contributed by atoms with van der Waals surface area (Å²) in [6.07, 6.45) is 7.90. The highest BCUT2D eigenvalue weighted by atomic mass is 14.9. The van der Waals surface area contributed by atoms with Crippen LogP contribution >= 0.6 is 0 Å². The van der Waals surface area contributed by atoms with E-state index in [1.54, 1.807) is 0 Å². The average Bonchev–Trinajstić information content (AvgIpc) is 3.06. The second-order valence-electron chi connectivity index (χ2n) is 4.54. The van der Waals surface area contributed by atoms with Crippen LogP contribution in [0.3, 0.4) is 0 Å². The highest BCUT2D eigenvalue weighted by Gasteiger charge is 2.29. The lowest BCUT2D eigenvalue weighted by atomic mass is 10.1. The molecule has 82 valence electrons. The zero-order chi connectivity index (χ0) is 10.7. The highest BCUT2D eigenvalue weighted by molar-refractivity contribution is 5.21. The monoisotopic (exact) mass is 204 g/mol. The Hall–Kier alpha value is -0.890. The van der Waals surface area contributed by atoms with Crippen LogP contribution in [0.1, 0.15) is 37.3 Å². The third-order valence-electron chi connectivity index (χ3n) is 3.33. The Kier molecular flexibility index (Phi) is 3.37. The summed E-state index contributed by atoms with van der Waals surface area (Å²) in [7, 11) is 0. The largest absolute Gasteiger partial charge is 0.310 e. The van der Waals surface area contributed by atoms with Crippen LogP contribution in [0, 0.1) is 12.8 Å². The van der Waals surface area contributed by atoms with Crippen molar-refractivity contribution in [3.8, 4) is 0 Å². The summed E-state index contributed by atoms with van der Waals surface area (Å²) in [5, 5.41) is 3.65. The molecule has 1 atom stereocenters. The third kappa shape index (κ3) is 2.78. The summed E-state index contributed by atoms with van der Waals surface area (Å²) in [6, 6.07) is 2.79. The molecule has 2 nitrogen and oxygen atoms in total. The lowest BCUT2D eigenvalue weighted by Crippen LogP contribution is -2.30. The van der Waals surface area contributed by atoms with Gasteiger partial charge in [0.25, 0.3) is 0 Å². The molecular formula is C13H20N2. The average molecular weight is 204 g/mol. The van der Waals surface area contributed by atoms with Crippen LogP contribution in [0.2, 0.25) is 0 Å². The molecule has 2 rings (SSSR count). The first-order valence-electron chi connectivity index (χ1n) is 5.94. The first kappa shape index (κ1) is 10.6. The Morgan fingerprint density at radius 3 is 2.93 bits per heavy atom. The van der Waals surface area contributed by atoms with E-state index in [1.165, 1.54) is 30.4 Å². The minimum atomic E-state index is 0.713. The van der Waals surface area contributed by atoms with Crippen LogP contribution < -0.4 is 5.32 Å². The number of nitrogens with one attached hydrogen (secondary N) is 1. The molecule has 1 saturated carbocycles. The lowest BCUT2D eigenvalue weighted by Gasteiger charge is -2.16. The van der Waals surface area contributed by atoms with E-state index >= 15 is 0 Å². The molecule has 1 aliphatic carbocycles. The lowest BCUT2D eigenvalue weighted by molar-refractivity contribution is 0.448. The van der Waals surface area contributed by atoms with Crippen molar-refractivity contribution in [1.29, 1.82) is 0 Å². The molecule has 0 aliphatic heterocycles. The van der Waals surface area contributed by atoms with E-state index in [-0.39, 0.29) is 0 Å². The Labute approximate surface area is 92.1 Å². The maximum absolute atomic E-state index is 4.17. The van der Waals surface area contributed by atoms with E-state index in [1.807, 2.05) is 12.4 Å². The first-order valence-corrected chi connectivity index (χ1v) is 5.94. The van der Waals surface area contributed by atoms with Crippen molar-refractivity contribution in [3.05, 3.63) is 29.6 Å². The summed E-state index contributed by atoms with van der Waals surface area (Å²) in [4.78, 5) is 4.17. The summed E-state index contributed by atoms with van der Waals surface area (Å²) in [5.74, 6) is 0.937. The molecule has 0 amide bonds. The summed E-state index contributed by atoms with van der Waals surface area (Å²) in [5.41, 5.74) is 2.67. The topological polar surface area (TPSA) is 24.9 Å². The molecule has 0 spiro atoms. The minimum absolute atomic E-state index is 0.713. The number of pyridine rings is 1. The molecule has 1 aromatic heterocycles. The number of hydrogen-bond donors (Lipinski definition) is 1. The van der Waals surface area contributed by atoms with E-state index < -0.39 is 0 Å². The fraction of sp³-hybridized carbons (Fsp3) is 0.615. The second-order valence-corrected chi connectivity index (χ2v) is 4.54. The van der Waals surface area contributed by atoms with Gasteiger partial charge in [-0.05, 0) is 49.3 Å². The van der Waals surface area contributed by atoms with Crippen LogP contribution in [0.25, 0.3) is 0 Å². The van der Waals surface area contributed by atoms with E-state index in [0.29, 0.717) is 6.04 Å². The zero-order valence-corrected chi connectivity index (χ0v) is 9.66. The van der Waals surface area contributed by atoms with Gasteiger partial charge in [-0.2, -0.15) is 0 Å². The smallest absolute Gasteiger partial charge is 0.0315 e. The van der Waals surface area contributed by atoms with E-state index in [9.17, 15) is 0 Å². The molecule has 15 heavy (non-hydrogen) atoms. The molecule has 1 heterocycles. The predicted molar refractivity (Wildman–Crippen MR) is 62.6 cm³/mol. The van der Waals surface area contributed by atoms with Crippen LogP contribution in [0.4, 0.5) is 0 Å². The van der Waals surface area contributed by atoms with Gasteiger partial charge in [-0.15, -0.1) is 0 Å². The Morgan fingerprint density at radius 1 is 1.53 bits per heavy atom. The Bertz CT molecular complexity index is 318. The van der Waals surface area contributed by atoms with Gasteiger partial charge in [0.2, 0.25) is 0 Å². The van der Waals surface area contributed by atoms with Gasteiger partial charge in [0, 0.05) is 25.0 Å². The summed E-state index contributed by atoms with van der Waals surface area (Å²) < 4.78 is 0. The first-order chi connectivity index (χ1) is 7.31.